The molecule has 19 heavy (non-hydrogen) atoms. The number of nitrogen functional groups attached to an aromatic ring is 1. The smallest absolute Gasteiger partial charge is 0.170 e. The van der Waals surface area contributed by atoms with Gasteiger partial charge in [0.2, 0.25) is 0 Å². The predicted octanol–water partition coefficient (Wildman–Crippen LogP) is 2.17. The summed E-state index contributed by atoms with van der Waals surface area (Å²) in [6.07, 6.45) is 1.57. The summed E-state index contributed by atoms with van der Waals surface area (Å²) >= 11 is 0. The molecule has 2 rings (SSSR count). The van der Waals surface area contributed by atoms with Gasteiger partial charge in [-0.3, -0.25) is 0 Å². The van der Waals surface area contributed by atoms with Gasteiger partial charge in [-0.25, -0.2) is 9.97 Å². The number of para-hydroxylation sites is 2. The van der Waals surface area contributed by atoms with Crippen LogP contribution in [0.4, 0.5) is 11.6 Å². The summed E-state index contributed by atoms with van der Waals surface area (Å²) < 4.78 is 0. The quantitative estimate of drug-likeness (QED) is 0.767. The molecule has 0 unspecified atom stereocenters. The fourth-order valence-corrected chi connectivity index (χ4v) is 2.05. The Kier molecular flexibility index (Phi) is 3.85. The summed E-state index contributed by atoms with van der Waals surface area (Å²) in [6.45, 7) is 4.09. The van der Waals surface area contributed by atoms with Crippen LogP contribution in [0, 0.1) is 0 Å². The molecule has 0 spiro atoms. The monoisotopic (exact) mass is 260 g/mol. The predicted molar refractivity (Wildman–Crippen MR) is 78.0 cm³/mol. The average Bonchev–Trinajstić information content (AvgIpc) is 2.45. The van der Waals surface area contributed by atoms with Gasteiger partial charge in [0.05, 0.1) is 23.2 Å². The second-order valence-electron chi connectivity index (χ2n) is 4.72. The van der Waals surface area contributed by atoms with Crippen LogP contribution in [0.5, 0.6) is 0 Å². The minimum Gasteiger partial charge on any atom is -0.394 e. The Morgan fingerprint density at radius 2 is 1.74 bits per heavy atom. The van der Waals surface area contributed by atoms with Crippen molar-refractivity contribution in [3.05, 3.63) is 24.3 Å². The highest BCUT2D eigenvalue weighted by Crippen LogP contribution is 2.25. The SMILES string of the molecule is CCC(CC)(CO)Nc1nc2ccccc2nc1N. The van der Waals surface area contributed by atoms with Crippen LogP contribution >= 0.6 is 0 Å². The number of nitrogens with one attached hydrogen (secondary N) is 1. The number of aliphatic hydroxyl groups is 1. The molecule has 0 saturated heterocycles. The number of anilines is 2. The molecule has 0 atom stereocenters. The minimum atomic E-state index is -0.398. The Labute approximate surface area is 112 Å². The molecule has 0 fully saturated rings. The van der Waals surface area contributed by atoms with Gasteiger partial charge in [0.25, 0.3) is 0 Å². The molecule has 0 saturated carbocycles. The highest BCUT2D eigenvalue weighted by Gasteiger charge is 2.26. The number of rotatable bonds is 5. The fraction of sp³-hybridized carbons (Fsp3) is 0.429. The first kappa shape index (κ1) is 13.5. The van der Waals surface area contributed by atoms with E-state index in [9.17, 15) is 5.11 Å². The molecular formula is C14H20N4O. The Balaban J connectivity index is 2.42. The van der Waals surface area contributed by atoms with E-state index < -0.39 is 5.54 Å². The number of fused-ring (bicyclic) bond motifs is 1. The van der Waals surface area contributed by atoms with Crippen LogP contribution in [0.25, 0.3) is 11.0 Å². The Morgan fingerprint density at radius 3 is 2.26 bits per heavy atom. The van der Waals surface area contributed by atoms with Crippen LogP contribution in [-0.2, 0) is 0 Å². The van der Waals surface area contributed by atoms with E-state index in [0.29, 0.717) is 11.6 Å². The Hall–Kier alpha value is -1.88. The van der Waals surface area contributed by atoms with Crippen LogP contribution in [0.3, 0.4) is 0 Å². The summed E-state index contributed by atoms with van der Waals surface area (Å²) in [5.41, 5.74) is 7.10. The zero-order chi connectivity index (χ0) is 13.9. The average molecular weight is 260 g/mol. The lowest BCUT2D eigenvalue weighted by Crippen LogP contribution is -2.41. The number of aliphatic hydroxyl groups excluding tert-OH is 1. The topological polar surface area (TPSA) is 84.1 Å². The van der Waals surface area contributed by atoms with E-state index in [2.05, 4.69) is 15.3 Å². The van der Waals surface area contributed by atoms with Gasteiger partial charge in [-0.1, -0.05) is 26.0 Å². The highest BCUT2D eigenvalue weighted by molar-refractivity contribution is 5.79. The standard InChI is InChI=1S/C14H20N4O/c1-3-14(4-2,9-19)18-13-12(15)16-10-7-5-6-8-11(10)17-13/h5-8,19H,3-4,9H2,1-2H3,(H2,15,16)(H,17,18). The first-order valence-corrected chi connectivity index (χ1v) is 6.55. The van der Waals surface area contributed by atoms with Crippen LogP contribution in [0.2, 0.25) is 0 Å². The maximum atomic E-state index is 9.59. The van der Waals surface area contributed by atoms with Crippen molar-refractivity contribution in [3.8, 4) is 0 Å². The summed E-state index contributed by atoms with van der Waals surface area (Å²) in [7, 11) is 0. The van der Waals surface area contributed by atoms with Crippen molar-refractivity contribution in [1.29, 1.82) is 0 Å². The number of hydrogen-bond donors (Lipinski definition) is 3. The van der Waals surface area contributed by atoms with Gasteiger partial charge >= 0.3 is 0 Å². The summed E-state index contributed by atoms with van der Waals surface area (Å²) in [5, 5.41) is 12.8. The molecule has 0 aliphatic heterocycles. The van der Waals surface area contributed by atoms with Crippen molar-refractivity contribution in [1.82, 2.24) is 9.97 Å². The molecule has 5 nitrogen and oxygen atoms in total. The largest absolute Gasteiger partial charge is 0.394 e. The second-order valence-corrected chi connectivity index (χ2v) is 4.72. The van der Waals surface area contributed by atoms with Crippen molar-refractivity contribution < 1.29 is 5.11 Å². The van der Waals surface area contributed by atoms with Crippen LogP contribution < -0.4 is 11.1 Å². The molecule has 0 radical (unpaired) electrons. The van der Waals surface area contributed by atoms with Crippen LogP contribution in [-0.4, -0.2) is 27.2 Å². The molecule has 0 aliphatic carbocycles. The van der Waals surface area contributed by atoms with E-state index in [1.807, 2.05) is 38.1 Å². The van der Waals surface area contributed by atoms with Gasteiger partial charge in [-0.05, 0) is 25.0 Å². The summed E-state index contributed by atoms with van der Waals surface area (Å²) in [6, 6.07) is 7.59. The number of hydrogen-bond acceptors (Lipinski definition) is 5. The molecule has 102 valence electrons. The van der Waals surface area contributed by atoms with Crippen molar-refractivity contribution in [3.63, 3.8) is 0 Å². The molecule has 1 aromatic heterocycles. The van der Waals surface area contributed by atoms with E-state index in [4.69, 9.17) is 5.73 Å². The normalized spacial score (nSPS) is 11.7. The van der Waals surface area contributed by atoms with Crippen molar-refractivity contribution in [2.75, 3.05) is 17.7 Å². The minimum absolute atomic E-state index is 0.0357. The van der Waals surface area contributed by atoms with Gasteiger partial charge in [0, 0.05) is 0 Å². The maximum Gasteiger partial charge on any atom is 0.170 e. The molecule has 0 amide bonds. The van der Waals surface area contributed by atoms with E-state index in [1.165, 1.54) is 0 Å². The fourth-order valence-electron chi connectivity index (χ4n) is 2.05. The van der Waals surface area contributed by atoms with E-state index >= 15 is 0 Å². The van der Waals surface area contributed by atoms with Crippen LogP contribution in [0.1, 0.15) is 26.7 Å². The van der Waals surface area contributed by atoms with Crippen molar-refractivity contribution in [2.24, 2.45) is 0 Å². The molecular weight excluding hydrogens is 240 g/mol. The lowest BCUT2D eigenvalue weighted by atomic mass is 9.94. The Bertz CT molecular complexity index is 558. The molecule has 2 aromatic rings. The molecule has 0 bridgehead atoms. The highest BCUT2D eigenvalue weighted by atomic mass is 16.3. The zero-order valence-electron chi connectivity index (χ0n) is 11.3. The second kappa shape index (κ2) is 5.40. The first-order chi connectivity index (χ1) is 9.14. The van der Waals surface area contributed by atoms with Gasteiger partial charge in [0.15, 0.2) is 11.6 Å². The summed E-state index contributed by atoms with van der Waals surface area (Å²) in [5.74, 6) is 0.898. The number of nitrogens with two attached hydrogens (primary N) is 1. The van der Waals surface area contributed by atoms with Crippen molar-refractivity contribution in [2.45, 2.75) is 32.2 Å². The van der Waals surface area contributed by atoms with Gasteiger partial charge < -0.3 is 16.2 Å². The third kappa shape index (κ3) is 2.61. The number of nitrogens with zero attached hydrogens (tertiary/aromatic N) is 2. The molecule has 0 aliphatic rings. The first-order valence-electron chi connectivity index (χ1n) is 6.55. The van der Waals surface area contributed by atoms with E-state index in [0.717, 1.165) is 23.9 Å². The third-order valence-electron chi connectivity index (χ3n) is 3.64. The van der Waals surface area contributed by atoms with E-state index in [1.54, 1.807) is 0 Å². The number of aromatic nitrogens is 2. The molecule has 1 aromatic carbocycles. The zero-order valence-corrected chi connectivity index (χ0v) is 11.3. The summed E-state index contributed by atoms with van der Waals surface area (Å²) in [4.78, 5) is 8.83. The van der Waals surface area contributed by atoms with Crippen LogP contribution in [0.15, 0.2) is 24.3 Å². The molecule has 1 heterocycles. The molecule has 4 N–H and O–H groups in total. The lowest BCUT2D eigenvalue weighted by Gasteiger charge is -2.31. The number of benzene rings is 1. The van der Waals surface area contributed by atoms with E-state index in [-0.39, 0.29) is 6.61 Å². The third-order valence-corrected chi connectivity index (χ3v) is 3.64. The molecule has 5 heteroatoms. The van der Waals surface area contributed by atoms with Gasteiger partial charge in [-0.2, -0.15) is 0 Å². The maximum absolute atomic E-state index is 9.59. The van der Waals surface area contributed by atoms with Gasteiger partial charge in [-0.15, -0.1) is 0 Å². The van der Waals surface area contributed by atoms with Crippen molar-refractivity contribution >= 4 is 22.7 Å². The Morgan fingerprint density at radius 1 is 1.16 bits per heavy atom. The van der Waals surface area contributed by atoms with Gasteiger partial charge in [0.1, 0.15) is 0 Å². The lowest BCUT2D eigenvalue weighted by molar-refractivity contribution is 0.202.